The Morgan fingerprint density at radius 3 is 2.90 bits per heavy atom. The molecule has 4 aliphatic rings. The minimum atomic E-state index is -0.178. The Labute approximate surface area is 128 Å². The SMILES string of the molecule is C#CC1=CCC2C3CCC4=CC(O)CC[C@@H]4C3CC[C@]12C. The second-order valence-electron chi connectivity index (χ2n) is 7.92. The number of hydrogen-bond donors (Lipinski definition) is 1. The van der Waals surface area contributed by atoms with E-state index in [0.717, 1.165) is 30.1 Å². The Bertz CT molecular complexity index is 549. The highest BCUT2D eigenvalue weighted by Gasteiger charge is 2.53. The minimum Gasteiger partial charge on any atom is -0.389 e. The van der Waals surface area contributed by atoms with E-state index in [1.165, 1.54) is 44.1 Å². The molecule has 21 heavy (non-hydrogen) atoms. The second-order valence-corrected chi connectivity index (χ2v) is 7.92. The van der Waals surface area contributed by atoms with Crippen molar-refractivity contribution in [3.63, 3.8) is 0 Å². The van der Waals surface area contributed by atoms with Gasteiger partial charge in [0, 0.05) is 11.0 Å². The zero-order valence-electron chi connectivity index (χ0n) is 13.0. The van der Waals surface area contributed by atoms with Crippen molar-refractivity contribution in [3.05, 3.63) is 23.3 Å². The van der Waals surface area contributed by atoms with E-state index in [1.807, 2.05) is 0 Å². The number of rotatable bonds is 0. The molecule has 1 nitrogen and oxygen atoms in total. The van der Waals surface area contributed by atoms with Crippen LogP contribution in [-0.2, 0) is 0 Å². The van der Waals surface area contributed by atoms with E-state index in [1.54, 1.807) is 5.57 Å². The maximum Gasteiger partial charge on any atom is 0.0723 e. The molecule has 4 aliphatic carbocycles. The number of aliphatic hydroxyl groups is 1. The first kappa shape index (κ1) is 13.6. The number of terminal acetylenes is 1. The molecule has 6 atom stereocenters. The van der Waals surface area contributed by atoms with Crippen LogP contribution in [0.25, 0.3) is 0 Å². The first-order valence-corrected chi connectivity index (χ1v) is 8.69. The fraction of sp³-hybridized carbons (Fsp3) is 0.700. The predicted octanol–water partition coefficient (Wildman–Crippen LogP) is 4.09. The van der Waals surface area contributed by atoms with Crippen molar-refractivity contribution in [2.75, 3.05) is 0 Å². The molecule has 0 heterocycles. The molecule has 0 saturated heterocycles. The number of fused-ring (bicyclic) bond motifs is 5. The Balaban J connectivity index is 1.62. The topological polar surface area (TPSA) is 20.2 Å². The third-order valence-corrected chi connectivity index (χ3v) is 7.17. The van der Waals surface area contributed by atoms with Crippen molar-refractivity contribution in [3.8, 4) is 12.3 Å². The van der Waals surface area contributed by atoms with E-state index in [4.69, 9.17) is 6.42 Å². The summed E-state index contributed by atoms with van der Waals surface area (Å²) in [6.07, 6.45) is 18.6. The van der Waals surface area contributed by atoms with E-state index < -0.39 is 0 Å². The van der Waals surface area contributed by atoms with E-state index in [2.05, 4.69) is 25.0 Å². The summed E-state index contributed by atoms with van der Waals surface area (Å²) in [5, 5.41) is 9.90. The lowest BCUT2D eigenvalue weighted by molar-refractivity contribution is 0.00629. The van der Waals surface area contributed by atoms with Crippen LogP contribution in [0.1, 0.15) is 51.9 Å². The van der Waals surface area contributed by atoms with Crippen molar-refractivity contribution in [2.45, 2.75) is 58.0 Å². The first-order chi connectivity index (χ1) is 10.1. The highest BCUT2D eigenvalue weighted by atomic mass is 16.3. The maximum absolute atomic E-state index is 9.90. The smallest absolute Gasteiger partial charge is 0.0723 e. The van der Waals surface area contributed by atoms with Crippen LogP contribution in [0.2, 0.25) is 0 Å². The predicted molar refractivity (Wildman–Crippen MR) is 85.4 cm³/mol. The number of hydrogen-bond acceptors (Lipinski definition) is 1. The van der Waals surface area contributed by atoms with Crippen LogP contribution in [0.5, 0.6) is 0 Å². The van der Waals surface area contributed by atoms with E-state index >= 15 is 0 Å². The number of allylic oxidation sites excluding steroid dienone is 3. The largest absolute Gasteiger partial charge is 0.389 e. The molecule has 0 aliphatic heterocycles. The Hall–Kier alpha value is -1.00. The van der Waals surface area contributed by atoms with E-state index in [0.29, 0.717) is 0 Å². The average molecular weight is 282 g/mol. The third kappa shape index (κ3) is 1.88. The molecule has 0 aromatic heterocycles. The first-order valence-electron chi connectivity index (χ1n) is 8.69. The van der Waals surface area contributed by atoms with Gasteiger partial charge in [-0.2, -0.15) is 0 Å². The lowest BCUT2D eigenvalue weighted by Crippen LogP contribution is -2.45. The van der Waals surface area contributed by atoms with Crippen LogP contribution >= 0.6 is 0 Å². The summed E-state index contributed by atoms with van der Waals surface area (Å²) in [5.74, 6) is 6.21. The molecule has 2 saturated carbocycles. The summed E-state index contributed by atoms with van der Waals surface area (Å²) < 4.78 is 0. The fourth-order valence-corrected chi connectivity index (χ4v) is 6.10. The second kappa shape index (κ2) is 4.75. The molecule has 0 amide bonds. The van der Waals surface area contributed by atoms with Crippen molar-refractivity contribution < 1.29 is 5.11 Å². The van der Waals surface area contributed by atoms with Gasteiger partial charge < -0.3 is 5.11 Å². The average Bonchev–Trinajstić information content (AvgIpc) is 2.83. The standard InChI is InChI=1S/C20H26O/c1-3-14-5-9-19-18-7-4-13-12-15(21)6-8-16(13)17(18)10-11-20(14,19)2/h1,5,12,15-19,21H,4,6-11H2,2H3/t15?,16-,17?,18?,19?,20+/m0/s1. The molecule has 0 bridgehead atoms. The van der Waals surface area contributed by atoms with Gasteiger partial charge in [-0.05, 0) is 68.6 Å². The molecule has 0 aromatic carbocycles. The molecular weight excluding hydrogens is 256 g/mol. The van der Waals surface area contributed by atoms with E-state index in [9.17, 15) is 5.11 Å². The summed E-state index contributed by atoms with van der Waals surface area (Å²) >= 11 is 0. The molecule has 112 valence electrons. The molecule has 0 radical (unpaired) electrons. The highest BCUT2D eigenvalue weighted by Crippen LogP contribution is 2.61. The van der Waals surface area contributed by atoms with Crippen molar-refractivity contribution in [1.29, 1.82) is 0 Å². The lowest BCUT2D eigenvalue weighted by atomic mass is 9.51. The molecule has 2 fully saturated rings. The van der Waals surface area contributed by atoms with Crippen molar-refractivity contribution >= 4 is 0 Å². The van der Waals surface area contributed by atoms with Crippen LogP contribution in [-0.4, -0.2) is 11.2 Å². The fourth-order valence-electron chi connectivity index (χ4n) is 6.10. The summed E-state index contributed by atoms with van der Waals surface area (Å²) in [5.41, 5.74) is 3.14. The van der Waals surface area contributed by atoms with Gasteiger partial charge >= 0.3 is 0 Å². The van der Waals surface area contributed by atoms with E-state index in [-0.39, 0.29) is 11.5 Å². The molecule has 1 N–H and O–H groups in total. The van der Waals surface area contributed by atoms with Crippen LogP contribution in [0, 0.1) is 41.4 Å². The third-order valence-electron chi connectivity index (χ3n) is 7.17. The van der Waals surface area contributed by atoms with Crippen LogP contribution in [0.3, 0.4) is 0 Å². The summed E-state index contributed by atoms with van der Waals surface area (Å²) in [7, 11) is 0. The monoisotopic (exact) mass is 282 g/mol. The van der Waals surface area contributed by atoms with Gasteiger partial charge in [0.2, 0.25) is 0 Å². The molecule has 4 unspecified atom stereocenters. The highest BCUT2D eigenvalue weighted by molar-refractivity contribution is 5.38. The summed E-state index contributed by atoms with van der Waals surface area (Å²) in [4.78, 5) is 0. The van der Waals surface area contributed by atoms with Gasteiger partial charge in [-0.1, -0.05) is 30.6 Å². The van der Waals surface area contributed by atoms with Gasteiger partial charge in [-0.3, -0.25) is 0 Å². The van der Waals surface area contributed by atoms with Crippen LogP contribution in [0.4, 0.5) is 0 Å². The normalized spacial score (nSPS) is 48.3. The van der Waals surface area contributed by atoms with Crippen molar-refractivity contribution in [1.82, 2.24) is 0 Å². The van der Waals surface area contributed by atoms with Gasteiger partial charge in [0.05, 0.1) is 6.10 Å². The quantitative estimate of drug-likeness (QED) is 0.524. The lowest BCUT2D eigenvalue weighted by Gasteiger charge is -2.53. The molecule has 1 heteroatoms. The zero-order chi connectivity index (χ0) is 14.6. The van der Waals surface area contributed by atoms with Crippen molar-refractivity contribution in [2.24, 2.45) is 29.1 Å². The molecule has 0 spiro atoms. The maximum atomic E-state index is 9.90. The molecule has 0 aromatic rings. The minimum absolute atomic E-state index is 0.178. The van der Waals surface area contributed by atoms with Gasteiger partial charge in [0.1, 0.15) is 0 Å². The molecule has 4 rings (SSSR count). The van der Waals surface area contributed by atoms with Crippen LogP contribution in [0.15, 0.2) is 23.3 Å². The summed E-state index contributed by atoms with van der Waals surface area (Å²) in [6.45, 7) is 2.42. The van der Waals surface area contributed by atoms with Crippen LogP contribution < -0.4 is 0 Å². The van der Waals surface area contributed by atoms with Gasteiger partial charge in [0.15, 0.2) is 0 Å². The van der Waals surface area contributed by atoms with Gasteiger partial charge in [0.25, 0.3) is 0 Å². The number of aliphatic hydroxyl groups excluding tert-OH is 1. The Morgan fingerprint density at radius 1 is 1.24 bits per heavy atom. The zero-order valence-corrected chi connectivity index (χ0v) is 13.0. The van der Waals surface area contributed by atoms with Gasteiger partial charge in [-0.15, -0.1) is 6.42 Å². The Kier molecular flexibility index (Phi) is 3.09. The summed E-state index contributed by atoms with van der Waals surface area (Å²) in [6, 6.07) is 0. The Morgan fingerprint density at radius 2 is 2.10 bits per heavy atom. The van der Waals surface area contributed by atoms with Gasteiger partial charge in [-0.25, -0.2) is 0 Å². The molecular formula is C20H26O.